The minimum absolute atomic E-state index is 0.254. The molecule has 0 saturated carbocycles. The Morgan fingerprint density at radius 2 is 1.87 bits per heavy atom. The third kappa shape index (κ3) is 5.54. The molecule has 0 aromatic heterocycles. The van der Waals surface area contributed by atoms with Crippen molar-refractivity contribution in [2.45, 2.75) is 11.8 Å². The maximum atomic E-state index is 12.7. The lowest BCUT2D eigenvalue weighted by molar-refractivity contribution is 0.0730. The molecule has 2 aromatic rings. The molecular formula is C20H24N4O4S2. The first kappa shape index (κ1) is 22.2. The molecule has 0 unspecified atom stereocenters. The highest BCUT2D eigenvalue weighted by molar-refractivity contribution is 7.89. The maximum Gasteiger partial charge on any atom is 0.243 e. The summed E-state index contributed by atoms with van der Waals surface area (Å²) >= 11 is 5.26. The van der Waals surface area contributed by atoms with Crippen molar-refractivity contribution in [3.8, 4) is 5.75 Å². The van der Waals surface area contributed by atoms with Gasteiger partial charge in [-0.15, -0.1) is 0 Å². The van der Waals surface area contributed by atoms with Crippen LogP contribution in [0, 0.1) is 0 Å². The number of nitrogens with one attached hydrogen (secondary N) is 2. The van der Waals surface area contributed by atoms with Crippen LogP contribution in [-0.4, -0.2) is 57.0 Å². The highest BCUT2D eigenvalue weighted by atomic mass is 32.2. The van der Waals surface area contributed by atoms with Crippen molar-refractivity contribution in [2.75, 3.05) is 38.7 Å². The molecule has 8 nitrogen and oxygen atoms in total. The molecule has 0 bridgehead atoms. The Labute approximate surface area is 181 Å². The summed E-state index contributed by atoms with van der Waals surface area (Å²) in [5.41, 5.74) is 5.02. The third-order valence-electron chi connectivity index (χ3n) is 4.53. The first-order valence-corrected chi connectivity index (χ1v) is 11.2. The van der Waals surface area contributed by atoms with E-state index in [4.69, 9.17) is 21.7 Å². The number of hydrogen-bond donors (Lipinski definition) is 2. The number of morpholine rings is 1. The minimum atomic E-state index is -3.51. The van der Waals surface area contributed by atoms with Gasteiger partial charge in [-0.1, -0.05) is 18.2 Å². The van der Waals surface area contributed by atoms with Crippen molar-refractivity contribution in [1.29, 1.82) is 0 Å². The number of hydrazone groups is 1. The van der Waals surface area contributed by atoms with Gasteiger partial charge in [-0.25, -0.2) is 8.42 Å². The lowest BCUT2D eigenvalue weighted by Gasteiger charge is -2.26. The predicted molar refractivity (Wildman–Crippen MR) is 121 cm³/mol. The van der Waals surface area contributed by atoms with Crippen LogP contribution in [0.3, 0.4) is 0 Å². The van der Waals surface area contributed by atoms with Gasteiger partial charge in [0, 0.05) is 24.8 Å². The van der Waals surface area contributed by atoms with Crippen molar-refractivity contribution >= 4 is 38.8 Å². The molecule has 0 atom stereocenters. The van der Waals surface area contributed by atoms with Crippen LogP contribution < -0.4 is 15.5 Å². The van der Waals surface area contributed by atoms with Gasteiger partial charge < -0.3 is 14.8 Å². The zero-order valence-electron chi connectivity index (χ0n) is 16.8. The molecule has 0 aliphatic carbocycles. The molecular weight excluding hydrogens is 424 g/mol. The van der Waals surface area contributed by atoms with Gasteiger partial charge in [0.25, 0.3) is 0 Å². The summed E-state index contributed by atoms with van der Waals surface area (Å²) in [6.45, 7) is 3.38. The number of sulfonamides is 1. The summed E-state index contributed by atoms with van der Waals surface area (Å²) in [7, 11) is -1.92. The molecule has 1 fully saturated rings. The van der Waals surface area contributed by atoms with Crippen LogP contribution in [-0.2, 0) is 14.8 Å². The van der Waals surface area contributed by atoms with E-state index in [2.05, 4.69) is 15.8 Å². The lowest BCUT2D eigenvalue weighted by Crippen LogP contribution is -2.40. The molecule has 10 heteroatoms. The Bertz CT molecular complexity index is 1020. The van der Waals surface area contributed by atoms with E-state index in [0.717, 1.165) is 17.0 Å². The number of anilines is 1. The number of benzene rings is 2. The molecule has 0 radical (unpaired) electrons. The SMILES string of the molecule is COc1cccc(NC(=S)N/N=C(\C)c2ccc(S(=O)(=O)N3CCOCC3)cc2)c1. The van der Waals surface area contributed by atoms with Crippen LogP contribution in [0.25, 0.3) is 0 Å². The van der Waals surface area contributed by atoms with E-state index in [9.17, 15) is 8.42 Å². The third-order valence-corrected chi connectivity index (χ3v) is 6.64. The van der Waals surface area contributed by atoms with Crippen LogP contribution in [0.5, 0.6) is 5.75 Å². The van der Waals surface area contributed by atoms with Crippen molar-refractivity contribution in [3.05, 3.63) is 54.1 Å². The number of thiocarbonyl (C=S) groups is 1. The van der Waals surface area contributed by atoms with Gasteiger partial charge in [0.1, 0.15) is 5.75 Å². The highest BCUT2D eigenvalue weighted by Gasteiger charge is 2.26. The van der Waals surface area contributed by atoms with Crippen molar-refractivity contribution in [2.24, 2.45) is 5.10 Å². The molecule has 160 valence electrons. The topological polar surface area (TPSA) is 92.3 Å². The molecule has 30 heavy (non-hydrogen) atoms. The van der Waals surface area contributed by atoms with E-state index in [-0.39, 0.29) is 4.90 Å². The van der Waals surface area contributed by atoms with Crippen LogP contribution >= 0.6 is 12.2 Å². The Kier molecular flexibility index (Phi) is 7.38. The van der Waals surface area contributed by atoms with Gasteiger partial charge in [0.2, 0.25) is 10.0 Å². The predicted octanol–water partition coefficient (Wildman–Crippen LogP) is 2.43. The van der Waals surface area contributed by atoms with Gasteiger partial charge in [0.05, 0.1) is 30.9 Å². The molecule has 1 aliphatic rings. The Morgan fingerprint density at radius 3 is 2.53 bits per heavy atom. The maximum absolute atomic E-state index is 12.7. The first-order chi connectivity index (χ1) is 14.4. The summed E-state index contributed by atoms with van der Waals surface area (Å²) in [4.78, 5) is 0.254. The van der Waals surface area contributed by atoms with Crippen molar-refractivity contribution < 1.29 is 17.9 Å². The summed E-state index contributed by atoms with van der Waals surface area (Å²) in [5.74, 6) is 0.717. The number of nitrogens with zero attached hydrogens (tertiary/aromatic N) is 2. The van der Waals surface area contributed by atoms with Crippen LogP contribution in [0.4, 0.5) is 5.69 Å². The fourth-order valence-corrected chi connectivity index (χ4v) is 4.43. The van der Waals surface area contributed by atoms with Crippen LogP contribution in [0.1, 0.15) is 12.5 Å². The zero-order chi connectivity index (χ0) is 21.6. The van der Waals surface area contributed by atoms with E-state index in [0.29, 0.717) is 37.1 Å². The fraction of sp³-hybridized carbons (Fsp3) is 0.300. The van der Waals surface area contributed by atoms with Crippen molar-refractivity contribution in [1.82, 2.24) is 9.73 Å². The Morgan fingerprint density at radius 1 is 1.17 bits per heavy atom. The summed E-state index contributed by atoms with van der Waals surface area (Å²) in [6, 6.07) is 14.0. The number of ether oxygens (including phenoxy) is 2. The van der Waals surface area contributed by atoms with Gasteiger partial charge in [0.15, 0.2) is 5.11 Å². The standard InChI is InChI=1S/C20H24N4O4S2/c1-15(22-23-20(29)21-17-4-3-5-18(14-17)27-2)16-6-8-19(9-7-16)30(25,26)24-10-12-28-13-11-24/h3-9,14H,10-13H2,1-2H3,(H2,21,23,29)/b22-15+. The van der Waals surface area contributed by atoms with Gasteiger partial charge in [-0.2, -0.15) is 9.41 Å². The largest absolute Gasteiger partial charge is 0.497 e. The van der Waals surface area contributed by atoms with E-state index in [1.807, 2.05) is 31.2 Å². The van der Waals surface area contributed by atoms with Gasteiger partial charge in [-0.3, -0.25) is 5.43 Å². The average Bonchev–Trinajstić information content (AvgIpc) is 2.78. The second-order valence-corrected chi connectivity index (χ2v) is 8.88. The van der Waals surface area contributed by atoms with Crippen LogP contribution in [0.2, 0.25) is 0 Å². The van der Waals surface area contributed by atoms with E-state index in [1.165, 1.54) is 4.31 Å². The first-order valence-electron chi connectivity index (χ1n) is 9.34. The smallest absolute Gasteiger partial charge is 0.243 e. The number of rotatable bonds is 6. The zero-order valence-corrected chi connectivity index (χ0v) is 18.4. The summed E-state index contributed by atoms with van der Waals surface area (Å²) < 4.78 is 37.2. The molecule has 1 aliphatic heterocycles. The lowest BCUT2D eigenvalue weighted by atomic mass is 10.1. The molecule has 2 N–H and O–H groups in total. The Hall–Kier alpha value is -2.53. The van der Waals surface area contributed by atoms with Gasteiger partial charge in [-0.05, 0) is 49.0 Å². The summed E-state index contributed by atoms with van der Waals surface area (Å²) in [6.07, 6.45) is 0. The normalized spacial score (nSPS) is 15.5. The number of methoxy groups -OCH3 is 1. The van der Waals surface area contributed by atoms with Crippen LogP contribution in [0.15, 0.2) is 58.5 Å². The number of hydrogen-bond acceptors (Lipinski definition) is 6. The Balaban J connectivity index is 1.62. The van der Waals surface area contributed by atoms with Gasteiger partial charge >= 0.3 is 0 Å². The fourth-order valence-electron chi connectivity index (χ4n) is 2.86. The highest BCUT2D eigenvalue weighted by Crippen LogP contribution is 2.18. The molecule has 2 aromatic carbocycles. The minimum Gasteiger partial charge on any atom is -0.497 e. The molecule has 0 spiro atoms. The van der Waals surface area contributed by atoms with E-state index in [1.54, 1.807) is 31.4 Å². The molecule has 0 amide bonds. The van der Waals surface area contributed by atoms with E-state index < -0.39 is 10.0 Å². The molecule has 1 heterocycles. The molecule has 1 saturated heterocycles. The molecule has 3 rings (SSSR count). The van der Waals surface area contributed by atoms with E-state index >= 15 is 0 Å². The monoisotopic (exact) mass is 448 g/mol. The average molecular weight is 449 g/mol. The second kappa shape index (κ2) is 9.98. The second-order valence-electron chi connectivity index (χ2n) is 6.54. The quantitative estimate of drug-likeness (QED) is 0.398. The van der Waals surface area contributed by atoms with Crippen molar-refractivity contribution in [3.63, 3.8) is 0 Å². The summed E-state index contributed by atoms with van der Waals surface area (Å²) in [5, 5.41) is 7.62.